The summed E-state index contributed by atoms with van der Waals surface area (Å²) >= 11 is 5.61. The van der Waals surface area contributed by atoms with Crippen molar-refractivity contribution in [2.75, 3.05) is 0 Å². The van der Waals surface area contributed by atoms with Crippen LogP contribution < -0.4 is 0 Å². The van der Waals surface area contributed by atoms with E-state index in [9.17, 15) is 14.3 Å². The molecule has 98 valence electrons. The van der Waals surface area contributed by atoms with Crippen LogP contribution in [0.5, 0.6) is 0 Å². The van der Waals surface area contributed by atoms with E-state index in [2.05, 4.69) is 9.97 Å². The molecule has 0 saturated carbocycles. The van der Waals surface area contributed by atoms with Gasteiger partial charge in [-0.2, -0.15) is 0 Å². The van der Waals surface area contributed by atoms with Crippen molar-refractivity contribution in [3.05, 3.63) is 58.9 Å². The SMILES string of the molecule is O=C(O)C(Cc1cnc(Cl)cn1)c1cccc(F)c1. The molecule has 0 spiro atoms. The second-order valence-corrected chi connectivity index (χ2v) is 4.37. The summed E-state index contributed by atoms with van der Waals surface area (Å²) in [5, 5.41) is 9.47. The number of aromatic nitrogens is 2. The molecule has 0 aliphatic carbocycles. The molecular weight excluding hydrogens is 271 g/mol. The fourth-order valence-corrected chi connectivity index (χ4v) is 1.82. The molecule has 19 heavy (non-hydrogen) atoms. The van der Waals surface area contributed by atoms with E-state index < -0.39 is 17.7 Å². The highest BCUT2D eigenvalue weighted by atomic mass is 35.5. The van der Waals surface area contributed by atoms with E-state index in [1.165, 1.54) is 30.6 Å². The Morgan fingerprint density at radius 2 is 2.16 bits per heavy atom. The molecule has 1 aromatic heterocycles. The number of aliphatic carboxylic acids is 1. The van der Waals surface area contributed by atoms with Gasteiger partial charge in [-0.3, -0.25) is 9.78 Å². The fraction of sp³-hybridized carbons (Fsp3) is 0.154. The Hall–Kier alpha value is -2.01. The van der Waals surface area contributed by atoms with Gasteiger partial charge in [0.15, 0.2) is 0 Å². The van der Waals surface area contributed by atoms with Crippen molar-refractivity contribution in [2.45, 2.75) is 12.3 Å². The molecule has 4 nitrogen and oxygen atoms in total. The second-order valence-electron chi connectivity index (χ2n) is 3.98. The summed E-state index contributed by atoms with van der Waals surface area (Å²) in [6, 6.07) is 5.53. The summed E-state index contributed by atoms with van der Waals surface area (Å²) in [7, 11) is 0. The number of hydrogen-bond acceptors (Lipinski definition) is 3. The molecule has 1 heterocycles. The molecule has 0 radical (unpaired) electrons. The van der Waals surface area contributed by atoms with Gasteiger partial charge in [-0.25, -0.2) is 9.37 Å². The molecule has 0 aliphatic heterocycles. The van der Waals surface area contributed by atoms with Gasteiger partial charge in [-0.1, -0.05) is 23.7 Å². The zero-order valence-corrected chi connectivity index (χ0v) is 10.5. The van der Waals surface area contributed by atoms with Gasteiger partial charge >= 0.3 is 5.97 Å². The van der Waals surface area contributed by atoms with Crippen LogP contribution in [0.2, 0.25) is 5.15 Å². The normalized spacial score (nSPS) is 12.1. The lowest BCUT2D eigenvalue weighted by Gasteiger charge is -2.12. The summed E-state index contributed by atoms with van der Waals surface area (Å²) < 4.78 is 13.1. The molecule has 1 N–H and O–H groups in total. The minimum absolute atomic E-state index is 0.128. The van der Waals surface area contributed by atoms with Crippen LogP contribution in [-0.2, 0) is 11.2 Å². The third-order valence-electron chi connectivity index (χ3n) is 2.64. The Morgan fingerprint density at radius 1 is 1.37 bits per heavy atom. The largest absolute Gasteiger partial charge is 0.481 e. The van der Waals surface area contributed by atoms with E-state index in [1.807, 2.05) is 0 Å². The second kappa shape index (κ2) is 5.75. The Balaban J connectivity index is 2.26. The number of carboxylic acids is 1. The maximum Gasteiger partial charge on any atom is 0.311 e. The molecule has 1 aromatic carbocycles. The van der Waals surface area contributed by atoms with Crippen molar-refractivity contribution in [3.8, 4) is 0 Å². The molecule has 0 bridgehead atoms. The van der Waals surface area contributed by atoms with Crippen LogP contribution in [0, 0.1) is 5.82 Å². The smallest absolute Gasteiger partial charge is 0.311 e. The molecule has 2 aromatic rings. The summed E-state index contributed by atoms with van der Waals surface area (Å²) in [5.41, 5.74) is 0.880. The molecule has 1 unspecified atom stereocenters. The number of hydrogen-bond donors (Lipinski definition) is 1. The number of halogens is 2. The number of benzene rings is 1. The third-order valence-corrected chi connectivity index (χ3v) is 2.83. The van der Waals surface area contributed by atoms with Crippen molar-refractivity contribution >= 4 is 17.6 Å². The first-order valence-electron chi connectivity index (χ1n) is 5.51. The average Bonchev–Trinajstić information content (AvgIpc) is 2.37. The summed E-state index contributed by atoms with van der Waals surface area (Å²) in [6.07, 6.45) is 2.89. The van der Waals surface area contributed by atoms with Gasteiger partial charge in [-0.05, 0) is 17.7 Å². The monoisotopic (exact) mass is 280 g/mol. The summed E-state index contributed by atoms with van der Waals surface area (Å²) in [5.74, 6) is -2.38. The molecule has 6 heteroatoms. The first-order chi connectivity index (χ1) is 9.06. The van der Waals surface area contributed by atoms with Crippen LogP contribution in [0.3, 0.4) is 0 Å². The molecule has 2 rings (SSSR count). The Labute approximate surface area is 113 Å². The zero-order chi connectivity index (χ0) is 13.8. The maximum absolute atomic E-state index is 13.1. The minimum Gasteiger partial charge on any atom is -0.481 e. The molecule has 1 atom stereocenters. The average molecular weight is 281 g/mol. The Morgan fingerprint density at radius 3 is 2.74 bits per heavy atom. The van der Waals surface area contributed by atoms with Gasteiger partial charge in [0.1, 0.15) is 11.0 Å². The van der Waals surface area contributed by atoms with E-state index in [4.69, 9.17) is 11.6 Å². The topological polar surface area (TPSA) is 63.1 Å². The fourth-order valence-electron chi connectivity index (χ4n) is 1.72. The number of carbonyl (C=O) groups is 1. The predicted octanol–water partition coefficient (Wildman–Crippen LogP) is 2.68. The van der Waals surface area contributed by atoms with Crippen LogP contribution in [0.4, 0.5) is 4.39 Å². The standard InChI is InChI=1S/C13H10ClFN2O2/c14-12-7-16-10(6-17-12)5-11(13(18)19)8-2-1-3-9(15)4-8/h1-4,6-7,11H,5H2,(H,18,19). The van der Waals surface area contributed by atoms with Crippen LogP contribution in [-0.4, -0.2) is 21.0 Å². The van der Waals surface area contributed by atoms with Crippen molar-refractivity contribution in [1.82, 2.24) is 9.97 Å². The van der Waals surface area contributed by atoms with Crippen molar-refractivity contribution in [1.29, 1.82) is 0 Å². The summed E-state index contributed by atoms with van der Waals surface area (Å²) in [4.78, 5) is 19.1. The van der Waals surface area contributed by atoms with Crippen molar-refractivity contribution in [3.63, 3.8) is 0 Å². The molecule has 0 fully saturated rings. The lowest BCUT2D eigenvalue weighted by molar-refractivity contribution is -0.138. The van der Waals surface area contributed by atoms with Crippen LogP contribution in [0.1, 0.15) is 17.2 Å². The van der Waals surface area contributed by atoms with Crippen LogP contribution in [0.15, 0.2) is 36.7 Å². The highest BCUT2D eigenvalue weighted by molar-refractivity contribution is 6.29. The Bertz CT molecular complexity index is 589. The van der Waals surface area contributed by atoms with Gasteiger partial charge in [-0.15, -0.1) is 0 Å². The van der Waals surface area contributed by atoms with Crippen molar-refractivity contribution < 1.29 is 14.3 Å². The van der Waals surface area contributed by atoms with E-state index >= 15 is 0 Å². The quantitative estimate of drug-likeness (QED) is 0.935. The van der Waals surface area contributed by atoms with E-state index in [1.54, 1.807) is 6.07 Å². The third kappa shape index (κ3) is 3.48. The van der Waals surface area contributed by atoms with Crippen LogP contribution >= 0.6 is 11.6 Å². The maximum atomic E-state index is 13.1. The van der Waals surface area contributed by atoms with Crippen molar-refractivity contribution in [2.24, 2.45) is 0 Å². The highest BCUT2D eigenvalue weighted by Gasteiger charge is 2.21. The lowest BCUT2D eigenvalue weighted by atomic mass is 9.94. The number of rotatable bonds is 4. The number of nitrogens with zero attached hydrogens (tertiary/aromatic N) is 2. The first-order valence-corrected chi connectivity index (χ1v) is 5.89. The predicted molar refractivity (Wildman–Crippen MR) is 67.5 cm³/mol. The van der Waals surface area contributed by atoms with E-state index in [-0.39, 0.29) is 11.6 Å². The highest BCUT2D eigenvalue weighted by Crippen LogP contribution is 2.21. The van der Waals surface area contributed by atoms with Gasteiger partial charge in [0.05, 0.1) is 24.0 Å². The van der Waals surface area contributed by atoms with Crippen LogP contribution in [0.25, 0.3) is 0 Å². The Kier molecular flexibility index (Phi) is 4.06. The van der Waals surface area contributed by atoms with Gasteiger partial charge in [0.2, 0.25) is 0 Å². The first kappa shape index (κ1) is 13.4. The van der Waals surface area contributed by atoms with Gasteiger partial charge in [0.25, 0.3) is 0 Å². The van der Waals surface area contributed by atoms with Gasteiger partial charge in [0, 0.05) is 6.42 Å². The van der Waals surface area contributed by atoms with Gasteiger partial charge < -0.3 is 5.11 Å². The van der Waals surface area contributed by atoms with E-state index in [0.29, 0.717) is 11.3 Å². The minimum atomic E-state index is -1.04. The number of carboxylic acid groups (broad SMARTS) is 1. The summed E-state index contributed by atoms with van der Waals surface area (Å²) in [6.45, 7) is 0. The lowest BCUT2D eigenvalue weighted by Crippen LogP contribution is -2.15. The zero-order valence-electron chi connectivity index (χ0n) is 9.75. The molecule has 0 amide bonds. The molecule has 0 saturated heterocycles. The molecular formula is C13H10ClFN2O2. The van der Waals surface area contributed by atoms with E-state index in [0.717, 1.165) is 0 Å². The molecule has 0 aliphatic rings.